The van der Waals surface area contributed by atoms with Gasteiger partial charge in [0.05, 0.1) is 27.3 Å². The van der Waals surface area contributed by atoms with E-state index < -0.39 is 0 Å². The zero-order valence-corrected chi connectivity index (χ0v) is 12.6. The van der Waals surface area contributed by atoms with E-state index in [1.807, 2.05) is 0 Å². The maximum absolute atomic E-state index is 5.43. The SMILES string of the molecule is CCCC[NH+]1CCc2cc(OC)c(OC)cc2C1C. The summed E-state index contributed by atoms with van der Waals surface area (Å²) < 4.78 is 10.8. The van der Waals surface area contributed by atoms with E-state index in [0.29, 0.717) is 6.04 Å². The molecule has 0 aromatic heterocycles. The normalized spacial score (nSPS) is 21.9. The van der Waals surface area contributed by atoms with E-state index in [1.165, 1.54) is 37.1 Å². The summed E-state index contributed by atoms with van der Waals surface area (Å²) in [5.41, 5.74) is 2.85. The number of quaternary nitrogens is 1. The van der Waals surface area contributed by atoms with Crippen LogP contribution in [0.3, 0.4) is 0 Å². The van der Waals surface area contributed by atoms with E-state index in [-0.39, 0.29) is 0 Å². The van der Waals surface area contributed by atoms with Crippen molar-refractivity contribution < 1.29 is 14.4 Å². The molecule has 106 valence electrons. The molecule has 1 aliphatic rings. The predicted molar refractivity (Wildman–Crippen MR) is 77.3 cm³/mol. The minimum atomic E-state index is 0.551. The third-order valence-electron chi connectivity index (χ3n) is 4.29. The summed E-state index contributed by atoms with van der Waals surface area (Å²) >= 11 is 0. The molecular weight excluding hydrogens is 238 g/mol. The standard InChI is InChI=1S/C16H25NO2/c1-5-6-8-17-9-7-13-10-15(18-3)16(19-4)11-14(13)12(17)2/h10-12H,5-9H2,1-4H3/p+1. The highest BCUT2D eigenvalue weighted by atomic mass is 16.5. The largest absolute Gasteiger partial charge is 0.493 e. The summed E-state index contributed by atoms with van der Waals surface area (Å²) in [5.74, 6) is 1.70. The molecule has 0 bridgehead atoms. The van der Waals surface area contributed by atoms with Crippen LogP contribution in [0.2, 0.25) is 0 Å². The number of fused-ring (bicyclic) bond motifs is 1. The Morgan fingerprint density at radius 3 is 2.53 bits per heavy atom. The van der Waals surface area contributed by atoms with E-state index in [4.69, 9.17) is 9.47 Å². The van der Waals surface area contributed by atoms with E-state index in [9.17, 15) is 0 Å². The van der Waals surface area contributed by atoms with Crippen LogP contribution in [0.25, 0.3) is 0 Å². The Bertz CT molecular complexity index is 431. The molecule has 0 fully saturated rings. The first-order chi connectivity index (χ1) is 9.21. The molecule has 0 saturated heterocycles. The monoisotopic (exact) mass is 264 g/mol. The molecule has 0 aliphatic carbocycles. The molecule has 1 aromatic carbocycles. The Hall–Kier alpha value is -1.22. The number of methoxy groups -OCH3 is 2. The molecular formula is C16H26NO2+. The second-order valence-corrected chi connectivity index (χ2v) is 5.39. The molecule has 2 unspecified atom stereocenters. The molecule has 0 spiro atoms. The quantitative estimate of drug-likeness (QED) is 0.879. The van der Waals surface area contributed by atoms with Gasteiger partial charge >= 0.3 is 0 Å². The summed E-state index contributed by atoms with van der Waals surface area (Å²) in [5, 5.41) is 0. The van der Waals surface area contributed by atoms with Gasteiger partial charge in [-0.15, -0.1) is 0 Å². The highest BCUT2D eigenvalue weighted by molar-refractivity contribution is 5.48. The Morgan fingerprint density at radius 1 is 1.21 bits per heavy atom. The molecule has 1 N–H and O–H groups in total. The lowest BCUT2D eigenvalue weighted by molar-refractivity contribution is -0.932. The van der Waals surface area contributed by atoms with Crippen LogP contribution in [0, 0.1) is 0 Å². The summed E-state index contributed by atoms with van der Waals surface area (Å²) in [6, 6.07) is 4.88. The van der Waals surface area contributed by atoms with Crippen LogP contribution in [-0.4, -0.2) is 27.3 Å². The van der Waals surface area contributed by atoms with Crippen molar-refractivity contribution in [3.8, 4) is 11.5 Å². The molecule has 0 amide bonds. The number of hydrogen-bond acceptors (Lipinski definition) is 2. The maximum Gasteiger partial charge on any atom is 0.161 e. The number of benzene rings is 1. The maximum atomic E-state index is 5.43. The summed E-state index contributed by atoms with van der Waals surface area (Å²) in [4.78, 5) is 1.70. The van der Waals surface area contributed by atoms with E-state index in [0.717, 1.165) is 17.9 Å². The lowest BCUT2D eigenvalue weighted by Gasteiger charge is -2.32. The third kappa shape index (κ3) is 2.86. The van der Waals surface area contributed by atoms with Crippen molar-refractivity contribution in [1.82, 2.24) is 0 Å². The predicted octanol–water partition coefficient (Wildman–Crippen LogP) is 2.01. The molecule has 3 nitrogen and oxygen atoms in total. The Kier molecular flexibility index (Phi) is 4.70. The number of unbranched alkanes of at least 4 members (excludes halogenated alkanes) is 1. The van der Waals surface area contributed by atoms with Crippen LogP contribution >= 0.6 is 0 Å². The molecule has 2 atom stereocenters. The van der Waals surface area contributed by atoms with Crippen LogP contribution in [-0.2, 0) is 6.42 Å². The van der Waals surface area contributed by atoms with Crippen molar-refractivity contribution in [3.63, 3.8) is 0 Å². The minimum Gasteiger partial charge on any atom is -0.493 e. The Balaban J connectivity index is 2.27. The second-order valence-electron chi connectivity index (χ2n) is 5.39. The van der Waals surface area contributed by atoms with Gasteiger partial charge in [0.2, 0.25) is 0 Å². The molecule has 1 aromatic rings. The van der Waals surface area contributed by atoms with Gasteiger partial charge in [-0.3, -0.25) is 0 Å². The first-order valence-electron chi connectivity index (χ1n) is 7.30. The molecule has 19 heavy (non-hydrogen) atoms. The average molecular weight is 264 g/mol. The van der Waals surface area contributed by atoms with Crippen molar-refractivity contribution in [3.05, 3.63) is 23.3 Å². The summed E-state index contributed by atoms with van der Waals surface area (Å²) in [6.45, 7) is 7.08. The van der Waals surface area contributed by atoms with Gasteiger partial charge in [0.15, 0.2) is 11.5 Å². The number of hydrogen-bond donors (Lipinski definition) is 1. The van der Waals surface area contributed by atoms with Crippen LogP contribution in [0.1, 0.15) is 43.9 Å². The zero-order chi connectivity index (χ0) is 13.8. The molecule has 1 aliphatic heterocycles. The smallest absolute Gasteiger partial charge is 0.161 e. The molecule has 0 radical (unpaired) electrons. The highest BCUT2D eigenvalue weighted by Crippen LogP contribution is 2.33. The highest BCUT2D eigenvalue weighted by Gasteiger charge is 2.28. The Labute approximate surface area is 116 Å². The second kappa shape index (κ2) is 6.29. The van der Waals surface area contributed by atoms with Crippen molar-refractivity contribution in [2.75, 3.05) is 27.3 Å². The first kappa shape index (κ1) is 14.2. The van der Waals surface area contributed by atoms with Crippen molar-refractivity contribution in [1.29, 1.82) is 0 Å². The van der Waals surface area contributed by atoms with Gasteiger partial charge in [-0.1, -0.05) is 13.3 Å². The van der Waals surface area contributed by atoms with Gasteiger partial charge in [0.25, 0.3) is 0 Å². The summed E-state index contributed by atoms with van der Waals surface area (Å²) in [7, 11) is 3.41. The van der Waals surface area contributed by atoms with Crippen molar-refractivity contribution >= 4 is 0 Å². The molecule has 0 saturated carbocycles. The minimum absolute atomic E-state index is 0.551. The first-order valence-corrected chi connectivity index (χ1v) is 7.30. The van der Waals surface area contributed by atoms with Gasteiger partial charge < -0.3 is 14.4 Å². The average Bonchev–Trinajstić information content (AvgIpc) is 2.45. The van der Waals surface area contributed by atoms with Crippen LogP contribution < -0.4 is 14.4 Å². The topological polar surface area (TPSA) is 22.9 Å². The van der Waals surface area contributed by atoms with E-state index in [2.05, 4.69) is 26.0 Å². The summed E-state index contributed by atoms with van der Waals surface area (Å²) in [6.07, 6.45) is 3.72. The molecule has 2 rings (SSSR count). The van der Waals surface area contributed by atoms with Crippen LogP contribution in [0.15, 0.2) is 12.1 Å². The van der Waals surface area contributed by atoms with Crippen molar-refractivity contribution in [2.45, 2.75) is 39.2 Å². The van der Waals surface area contributed by atoms with Crippen LogP contribution in [0.5, 0.6) is 11.5 Å². The molecule has 3 heteroatoms. The fourth-order valence-electron chi connectivity index (χ4n) is 3.03. The van der Waals surface area contributed by atoms with Crippen LogP contribution in [0.4, 0.5) is 0 Å². The zero-order valence-electron chi connectivity index (χ0n) is 12.6. The number of rotatable bonds is 5. The van der Waals surface area contributed by atoms with Crippen molar-refractivity contribution in [2.24, 2.45) is 0 Å². The number of nitrogens with one attached hydrogen (secondary N) is 1. The van der Waals surface area contributed by atoms with Gasteiger partial charge in [-0.05, 0) is 31.0 Å². The van der Waals surface area contributed by atoms with Gasteiger partial charge in [0, 0.05) is 12.0 Å². The number of ether oxygens (including phenoxy) is 2. The lowest BCUT2D eigenvalue weighted by Crippen LogP contribution is -3.13. The van der Waals surface area contributed by atoms with Gasteiger partial charge in [-0.2, -0.15) is 0 Å². The fourth-order valence-corrected chi connectivity index (χ4v) is 3.03. The fraction of sp³-hybridized carbons (Fsp3) is 0.625. The third-order valence-corrected chi connectivity index (χ3v) is 4.29. The van der Waals surface area contributed by atoms with Gasteiger partial charge in [-0.25, -0.2) is 0 Å². The molecule has 1 heterocycles. The van der Waals surface area contributed by atoms with E-state index >= 15 is 0 Å². The Morgan fingerprint density at radius 2 is 1.89 bits per heavy atom. The lowest BCUT2D eigenvalue weighted by atomic mass is 9.92. The van der Waals surface area contributed by atoms with E-state index in [1.54, 1.807) is 19.1 Å². The van der Waals surface area contributed by atoms with Gasteiger partial charge in [0.1, 0.15) is 6.04 Å².